The van der Waals surface area contributed by atoms with Crippen LogP contribution in [0, 0.1) is 0 Å². The van der Waals surface area contributed by atoms with E-state index in [1.54, 1.807) is 25.1 Å². The molecule has 1 unspecified atom stereocenters. The molecular formula is C13H10BrClN2O3S. The summed E-state index contributed by atoms with van der Waals surface area (Å²) in [5.74, 6) is -1.39. The summed E-state index contributed by atoms with van der Waals surface area (Å²) < 4.78 is 0.708. The van der Waals surface area contributed by atoms with Crippen molar-refractivity contribution in [1.82, 2.24) is 10.3 Å². The molecule has 0 spiro atoms. The molecule has 21 heavy (non-hydrogen) atoms. The number of carboxylic acids is 1. The Morgan fingerprint density at radius 2 is 2.19 bits per heavy atom. The van der Waals surface area contributed by atoms with Crippen LogP contribution < -0.4 is 5.32 Å². The summed E-state index contributed by atoms with van der Waals surface area (Å²) in [6, 6.07) is 4.49. The van der Waals surface area contributed by atoms with Crippen molar-refractivity contribution < 1.29 is 14.7 Å². The van der Waals surface area contributed by atoms with Crippen molar-refractivity contribution in [2.24, 2.45) is 0 Å². The van der Waals surface area contributed by atoms with Crippen molar-refractivity contribution in [3.05, 3.63) is 49.3 Å². The van der Waals surface area contributed by atoms with Crippen LogP contribution in [0.1, 0.15) is 38.8 Å². The maximum atomic E-state index is 12.1. The van der Waals surface area contributed by atoms with E-state index in [1.165, 1.54) is 16.7 Å². The third kappa shape index (κ3) is 3.81. The number of carbonyl (C=O) groups excluding carboxylic acids is 1. The summed E-state index contributed by atoms with van der Waals surface area (Å²) in [6.07, 6.45) is 0. The van der Waals surface area contributed by atoms with Crippen molar-refractivity contribution in [1.29, 1.82) is 0 Å². The van der Waals surface area contributed by atoms with E-state index in [-0.39, 0.29) is 11.6 Å². The molecular weight excluding hydrogens is 380 g/mol. The maximum absolute atomic E-state index is 12.1. The smallest absolute Gasteiger partial charge is 0.355 e. The summed E-state index contributed by atoms with van der Waals surface area (Å²) in [7, 11) is 0. The molecule has 0 saturated carbocycles. The lowest BCUT2D eigenvalue weighted by Gasteiger charge is -2.11. The lowest BCUT2D eigenvalue weighted by Crippen LogP contribution is -2.26. The Morgan fingerprint density at radius 3 is 2.76 bits per heavy atom. The van der Waals surface area contributed by atoms with Crippen LogP contribution in [0.5, 0.6) is 0 Å². The van der Waals surface area contributed by atoms with Gasteiger partial charge in [0.05, 0.1) is 11.1 Å². The number of rotatable bonds is 4. The van der Waals surface area contributed by atoms with Gasteiger partial charge in [-0.15, -0.1) is 11.3 Å². The van der Waals surface area contributed by atoms with E-state index in [0.29, 0.717) is 20.1 Å². The number of carbonyl (C=O) groups is 2. The maximum Gasteiger partial charge on any atom is 0.355 e. The average molecular weight is 390 g/mol. The first-order valence-corrected chi connectivity index (χ1v) is 7.88. The lowest BCUT2D eigenvalue weighted by atomic mass is 10.2. The number of halogens is 2. The molecule has 1 heterocycles. The minimum absolute atomic E-state index is 0.0252. The fourth-order valence-corrected chi connectivity index (χ4v) is 2.79. The second kappa shape index (κ2) is 6.55. The van der Waals surface area contributed by atoms with Crippen molar-refractivity contribution >= 4 is 50.7 Å². The summed E-state index contributed by atoms with van der Waals surface area (Å²) in [5.41, 5.74) is 0.396. The number of nitrogens with one attached hydrogen (secondary N) is 1. The highest BCUT2D eigenvalue weighted by Crippen LogP contribution is 2.24. The van der Waals surface area contributed by atoms with Gasteiger partial charge in [-0.25, -0.2) is 9.78 Å². The van der Waals surface area contributed by atoms with Gasteiger partial charge in [-0.1, -0.05) is 11.6 Å². The first-order valence-electron chi connectivity index (χ1n) is 5.83. The van der Waals surface area contributed by atoms with Gasteiger partial charge in [0, 0.05) is 15.4 Å². The van der Waals surface area contributed by atoms with Crippen LogP contribution in [-0.2, 0) is 0 Å². The first-order chi connectivity index (χ1) is 9.88. The summed E-state index contributed by atoms with van der Waals surface area (Å²) in [4.78, 5) is 26.9. The van der Waals surface area contributed by atoms with E-state index in [0.717, 1.165) is 0 Å². The van der Waals surface area contributed by atoms with Gasteiger partial charge in [-0.05, 0) is 41.1 Å². The molecule has 0 radical (unpaired) electrons. The average Bonchev–Trinajstić information content (AvgIpc) is 2.91. The number of nitrogens with zero attached hydrogens (tertiary/aromatic N) is 1. The molecule has 1 atom stereocenters. The van der Waals surface area contributed by atoms with Gasteiger partial charge in [0.15, 0.2) is 5.69 Å². The molecule has 0 aliphatic carbocycles. The van der Waals surface area contributed by atoms with E-state index in [9.17, 15) is 9.59 Å². The zero-order valence-corrected chi connectivity index (χ0v) is 13.9. The number of hydrogen-bond acceptors (Lipinski definition) is 4. The van der Waals surface area contributed by atoms with Crippen molar-refractivity contribution in [3.63, 3.8) is 0 Å². The molecule has 0 aliphatic heterocycles. The van der Waals surface area contributed by atoms with Gasteiger partial charge in [0.25, 0.3) is 5.91 Å². The van der Waals surface area contributed by atoms with Crippen molar-refractivity contribution in [3.8, 4) is 0 Å². The third-order valence-corrected chi connectivity index (χ3v) is 4.90. The zero-order chi connectivity index (χ0) is 15.6. The number of amides is 1. The Bertz CT molecular complexity index is 704. The van der Waals surface area contributed by atoms with Gasteiger partial charge in [0.2, 0.25) is 0 Å². The topological polar surface area (TPSA) is 79.3 Å². The number of thiazole rings is 1. The fourth-order valence-electron chi connectivity index (χ4n) is 1.56. The van der Waals surface area contributed by atoms with Gasteiger partial charge in [0.1, 0.15) is 5.01 Å². The Labute approximate surface area is 138 Å². The zero-order valence-electron chi connectivity index (χ0n) is 10.8. The fraction of sp³-hybridized carbons (Fsp3) is 0.154. The number of hydrogen-bond donors (Lipinski definition) is 2. The third-order valence-electron chi connectivity index (χ3n) is 2.64. The molecule has 0 aliphatic rings. The van der Waals surface area contributed by atoms with E-state index >= 15 is 0 Å². The van der Waals surface area contributed by atoms with Crippen LogP contribution in [0.2, 0.25) is 5.02 Å². The quantitative estimate of drug-likeness (QED) is 0.834. The summed E-state index contributed by atoms with van der Waals surface area (Å²) in [6.45, 7) is 1.74. The van der Waals surface area contributed by atoms with Crippen LogP contribution in [0.25, 0.3) is 0 Å². The first kappa shape index (κ1) is 15.9. The highest BCUT2D eigenvalue weighted by atomic mass is 79.9. The molecule has 8 heteroatoms. The number of carboxylic acid groups (broad SMARTS) is 1. The largest absolute Gasteiger partial charge is 0.476 e. The lowest BCUT2D eigenvalue weighted by molar-refractivity contribution is 0.0691. The van der Waals surface area contributed by atoms with E-state index < -0.39 is 12.0 Å². The Balaban J connectivity index is 2.10. The van der Waals surface area contributed by atoms with E-state index in [1.807, 2.05) is 0 Å². The van der Waals surface area contributed by atoms with Gasteiger partial charge < -0.3 is 10.4 Å². The number of aromatic nitrogens is 1. The van der Waals surface area contributed by atoms with Crippen LogP contribution in [-0.4, -0.2) is 22.0 Å². The SMILES string of the molecule is CC(NC(=O)c1ccc(Br)c(Cl)c1)c1nc(C(=O)O)cs1. The minimum atomic E-state index is -1.09. The Hall–Kier alpha value is -1.44. The molecule has 1 aromatic heterocycles. The predicted octanol–water partition coefficient (Wildman–Crippen LogP) is 3.75. The Kier molecular flexibility index (Phi) is 4.97. The van der Waals surface area contributed by atoms with Crippen LogP contribution in [0.3, 0.4) is 0 Å². The molecule has 2 aromatic rings. The highest BCUT2D eigenvalue weighted by Gasteiger charge is 2.17. The predicted molar refractivity (Wildman–Crippen MR) is 84.1 cm³/mol. The van der Waals surface area contributed by atoms with Gasteiger partial charge in [-0.3, -0.25) is 4.79 Å². The van der Waals surface area contributed by atoms with Crippen LogP contribution in [0.4, 0.5) is 0 Å². The van der Waals surface area contributed by atoms with Crippen LogP contribution in [0.15, 0.2) is 28.1 Å². The van der Waals surface area contributed by atoms with Crippen LogP contribution >= 0.6 is 38.9 Å². The second-order valence-electron chi connectivity index (χ2n) is 4.20. The number of aromatic carboxylic acids is 1. The molecule has 1 amide bonds. The van der Waals surface area contributed by atoms with Crippen molar-refractivity contribution in [2.45, 2.75) is 13.0 Å². The molecule has 110 valence electrons. The van der Waals surface area contributed by atoms with Crippen molar-refractivity contribution in [2.75, 3.05) is 0 Å². The molecule has 1 aromatic carbocycles. The minimum Gasteiger partial charge on any atom is -0.476 e. The molecule has 2 rings (SSSR count). The normalized spacial score (nSPS) is 12.0. The molecule has 0 bridgehead atoms. The molecule has 0 fully saturated rings. The molecule has 5 nitrogen and oxygen atoms in total. The molecule has 2 N–H and O–H groups in total. The van der Waals surface area contributed by atoms with Gasteiger partial charge >= 0.3 is 5.97 Å². The second-order valence-corrected chi connectivity index (χ2v) is 6.35. The van der Waals surface area contributed by atoms with E-state index in [2.05, 4.69) is 26.2 Å². The highest BCUT2D eigenvalue weighted by molar-refractivity contribution is 9.10. The monoisotopic (exact) mass is 388 g/mol. The Morgan fingerprint density at radius 1 is 1.48 bits per heavy atom. The number of benzene rings is 1. The summed E-state index contributed by atoms with van der Waals surface area (Å²) >= 11 is 10.4. The molecule has 0 saturated heterocycles. The summed E-state index contributed by atoms with van der Waals surface area (Å²) in [5, 5.41) is 14.0. The standard InChI is InChI=1S/C13H10BrClN2O3S/c1-6(12-17-10(5-21-12)13(19)20)16-11(18)7-2-3-8(14)9(15)4-7/h2-6H,1H3,(H,16,18)(H,19,20). The van der Waals surface area contributed by atoms with E-state index in [4.69, 9.17) is 16.7 Å². The van der Waals surface area contributed by atoms with Gasteiger partial charge in [-0.2, -0.15) is 0 Å².